The lowest BCUT2D eigenvalue weighted by molar-refractivity contribution is 0.101. The summed E-state index contributed by atoms with van der Waals surface area (Å²) >= 11 is 0. The van der Waals surface area contributed by atoms with Crippen LogP contribution in [0.5, 0.6) is 5.75 Å². The molecule has 0 saturated heterocycles. The first kappa shape index (κ1) is 18.1. The molecule has 0 spiro atoms. The second kappa shape index (κ2) is 8.02. The Morgan fingerprint density at radius 3 is 2.46 bits per heavy atom. The van der Waals surface area contributed by atoms with Crippen LogP contribution in [0.15, 0.2) is 36.4 Å². The van der Waals surface area contributed by atoms with Crippen molar-refractivity contribution in [3.05, 3.63) is 64.7 Å². The fourth-order valence-corrected chi connectivity index (χ4v) is 2.51. The molecule has 0 saturated carbocycles. The highest BCUT2D eigenvalue weighted by atomic mass is 19.2. The van der Waals surface area contributed by atoms with E-state index in [0.29, 0.717) is 30.8 Å². The van der Waals surface area contributed by atoms with Crippen molar-refractivity contribution in [1.29, 1.82) is 0 Å². The molecule has 0 bridgehead atoms. The summed E-state index contributed by atoms with van der Waals surface area (Å²) in [5.74, 6) is -0.995. The summed E-state index contributed by atoms with van der Waals surface area (Å²) in [6.45, 7) is 4.92. The molecule has 0 aliphatic carbocycles. The lowest BCUT2D eigenvalue weighted by Crippen LogP contribution is -2.18. The smallest absolute Gasteiger partial charge is 0.159 e. The third-order valence-corrected chi connectivity index (χ3v) is 3.64. The van der Waals surface area contributed by atoms with Gasteiger partial charge in [-0.25, -0.2) is 8.78 Å². The van der Waals surface area contributed by atoms with Gasteiger partial charge in [-0.15, -0.1) is 0 Å². The Labute approximate surface area is 140 Å². The van der Waals surface area contributed by atoms with Crippen molar-refractivity contribution >= 4 is 5.78 Å². The predicted molar refractivity (Wildman–Crippen MR) is 89.1 cm³/mol. The molecule has 0 heterocycles. The molecule has 0 N–H and O–H groups in total. The van der Waals surface area contributed by atoms with Gasteiger partial charge in [0.25, 0.3) is 0 Å². The molecule has 0 aromatic heterocycles. The molecule has 2 aromatic carbocycles. The minimum absolute atomic E-state index is 0.0115. The van der Waals surface area contributed by atoms with E-state index in [9.17, 15) is 13.6 Å². The second-order valence-electron chi connectivity index (χ2n) is 5.73. The Morgan fingerprint density at radius 2 is 1.83 bits per heavy atom. The van der Waals surface area contributed by atoms with Gasteiger partial charge in [0.15, 0.2) is 17.4 Å². The van der Waals surface area contributed by atoms with Gasteiger partial charge < -0.3 is 4.74 Å². The van der Waals surface area contributed by atoms with Crippen molar-refractivity contribution in [2.75, 3.05) is 13.7 Å². The highest BCUT2D eigenvalue weighted by Gasteiger charge is 2.11. The lowest BCUT2D eigenvalue weighted by atomic mass is 10.1. The fraction of sp³-hybridized carbons (Fsp3) is 0.316. The number of carbonyl (C=O) groups excluding carboxylic acids is 1. The maximum Gasteiger partial charge on any atom is 0.159 e. The van der Waals surface area contributed by atoms with E-state index in [1.165, 1.54) is 13.0 Å². The number of ether oxygens (including phenoxy) is 1. The zero-order chi connectivity index (χ0) is 17.7. The SMILES string of the molecule is CCOc1ccc(C(C)=O)cc1CN(C)Cc1ccc(F)c(F)c1. The molecular formula is C19H21F2NO2. The van der Waals surface area contributed by atoms with Crippen molar-refractivity contribution in [3.63, 3.8) is 0 Å². The van der Waals surface area contributed by atoms with Crippen LogP contribution in [-0.4, -0.2) is 24.3 Å². The van der Waals surface area contributed by atoms with Crippen LogP contribution < -0.4 is 4.74 Å². The number of carbonyl (C=O) groups is 1. The Hall–Kier alpha value is -2.27. The monoisotopic (exact) mass is 333 g/mol. The average Bonchev–Trinajstić information content (AvgIpc) is 2.52. The van der Waals surface area contributed by atoms with Crippen LogP contribution >= 0.6 is 0 Å². The number of hydrogen-bond acceptors (Lipinski definition) is 3. The predicted octanol–water partition coefficient (Wildman–Crippen LogP) is 4.20. The molecule has 3 nitrogen and oxygen atoms in total. The van der Waals surface area contributed by atoms with E-state index < -0.39 is 11.6 Å². The van der Waals surface area contributed by atoms with Crippen LogP contribution in [0.3, 0.4) is 0 Å². The van der Waals surface area contributed by atoms with Crippen LogP contribution in [0.2, 0.25) is 0 Å². The standard InChI is InChI=1S/C19H21F2NO2/c1-4-24-19-8-6-15(13(2)23)10-16(19)12-22(3)11-14-5-7-17(20)18(21)9-14/h5-10H,4,11-12H2,1-3H3. The third-order valence-electron chi connectivity index (χ3n) is 3.64. The molecule has 0 radical (unpaired) electrons. The van der Waals surface area contributed by atoms with Crippen molar-refractivity contribution in [3.8, 4) is 5.75 Å². The molecule has 0 amide bonds. The summed E-state index contributed by atoms with van der Waals surface area (Å²) < 4.78 is 31.9. The Balaban J connectivity index is 2.16. The van der Waals surface area contributed by atoms with E-state index in [1.807, 2.05) is 24.9 Å². The summed E-state index contributed by atoms with van der Waals surface area (Å²) in [5, 5.41) is 0. The maximum atomic E-state index is 13.3. The molecule has 2 aromatic rings. The minimum Gasteiger partial charge on any atom is -0.494 e. The summed E-state index contributed by atoms with van der Waals surface area (Å²) in [5.41, 5.74) is 2.18. The van der Waals surface area contributed by atoms with E-state index >= 15 is 0 Å². The van der Waals surface area contributed by atoms with Gasteiger partial charge in [0.2, 0.25) is 0 Å². The fourth-order valence-electron chi connectivity index (χ4n) is 2.51. The largest absolute Gasteiger partial charge is 0.494 e. The molecule has 0 aliphatic heterocycles. The summed E-state index contributed by atoms with van der Waals surface area (Å²) in [6, 6.07) is 9.23. The Bertz CT molecular complexity index is 731. The topological polar surface area (TPSA) is 29.5 Å². The van der Waals surface area contributed by atoms with Crippen molar-refractivity contribution < 1.29 is 18.3 Å². The highest BCUT2D eigenvalue weighted by Crippen LogP contribution is 2.23. The zero-order valence-corrected chi connectivity index (χ0v) is 14.1. The normalized spacial score (nSPS) is 10.9. The number of benzene rings is 2. The molecule has 128 valence electrons. The molecule has 24 heavy (non-hydrogen) atoms. The van der Waals surface area contributed by atoms with Crippen LogP contribution in [0.25, 0.3) is 0 Å². The summed E-state index contributed by atoms with van der Waals surface area (Å²) in [6.07, 6.45) is 0. The Morgan fingerprint density at radius 1 is 1.08 bits per heavy atom. The van der Waals surface area contributed by atoms with Gasteiger partial charge in [0, 0.05) is 24.2 Å². The average molecular weight is 333 g/mol. The number of nitrogens with zero attached hydrogens (tertiary/aromatic N) is 1. The number of Topliss-reactive ketones (excluding diaryl/α,β-unsaturated/α-hetero) is 1. The van der Waals surface area contributed by atoms with E-state index in [4.69, 9.17) is 4.74 Å². The molecule has 2 rings (SSSR count). The molecule has 0 fully saturated rings. The maximum absolute atomic E-state index is 13.3. The molecule has 0 aliphatic rings. The number of hydrogen-bond donors (Lipinski definition) is 0. The van der Waals surface area contributed by atoms with E-state index in [0.717, 1.165) is 17.4 Å². The van der Waals surface area contributed by atoms with E-state index in [1.54, 1.807) is 18.2 Å². The highest BCUT2D eigenvalue weighted by molar-refractivity contribution is 5.94. The quantitative estimate of drug-likeness (QED) is 0.711. The van der Waals surface area contributed by atoms with Gasteiger partial charge in [-0.3, -0.25) is 9.69 Å². The third kappa shape index (κ3) is 4.61. The molecule has 0 atom stereocenters. The summed E-state index contributed by atoms with van der Waals surface area (Å²) in [4.78, 5) is 13.5. The van der Waals surface area contributed by atoms with Gasteiger partial charge in [-0.2, -0.15) is 0 Å². The van der Waals surface area contributed by atoms with Crippen molar-refractivity contribution in [2.45, 2.75) is 26.9 Å². The molecule has 5 heteroatoms. The first-order chi connectivity index (χ1) is 11.4. The molecule has 0 unspecified atom stereocenters. The van der Waals surface area contributed by atoms with Gasteiger partial charge in [0.1, 0.15) is 5.75 Å². The number of halogens is 2. The number of rotatable bonds is 7. The first-order valence-electron chi connectivity index (χ1n) is 7.79. The lowest BCUT2D eigenvalue weighted by Gasteiger charge is -2.19. The Kier molecular flexibility index (Phi) is 6.04. The van der Waals surface area contributed by atoms with E-state index in [2.05, 4.69) is 0 Å². The van der Waals surface area contributed by atoms with Gasteiger partial charge in [-0.1, -0.05) is 6.07 Å². The minimum atomic E-state index is -0.853. The van der Waals surface area contributed by atoms with Gasteiger partial charge >= 0.3 is 0 Å². The van der Waals surface area contributed by atoms with E-state index in [-0.39, 0.29) is 5.78 Å². The van der Waals surface area contributed by atoms with Gasteiger partial charge in [0.05, 0.1) is 6.61 Å². The van der Waals surface area contributed by atoms with Gasteiger partial charge in [-0.05, 0) is 56.8 Å². The first-order valence-corrected chi connectivity index (χ1v) is 7.79. The van der Waals surface area contributed by atoms with Crippen molar-refractivity contribution in [2.24, 2.45) is 0 Å². The molecular weight excluding hydrogens is 312 g/mol. The van der Waals surface area contributed by atoms with Crippen LogP contribution in [0.1, 0.15) is 35.3 Å². The van der Waals surface area contributed by atoms with Crippen molar-refractivity contribution in [1.82, 2.24) is 4.90 Å². The zero-order valence-electron chi connectivity index (χ0n) is 14.1. The van der Waals surface area contributed by atoms with Crippen LogP contribution in [0, 0.1) is 11.6 Å². The second-order valence-corrected chi connectivity index (χ2v) is 5.73. The van der Waals surface area contributed by atoms with Crippen LogP contribution in [0.4, 0.5) is 8.78 Å². The number of ketones is 1. The summed E-state index contributed by atoms with van der Waals surface area (Å²) in [7, 11) is 1.87. The van der Waals surface area contributed by atoms with Crippen LogP contribution in [-0.2, 0) is 13.1 Å².